The number of ketones is 1. The number of Topliss-reactive ketones (excluding diaryl/α,β-unsaturated/α-hetero) is 1. The van der Waals surface area contributed by atoms with Crippen molar-refractivity contribution in [2.24, 2.45) is 0 Å². The smallest absolute Gasteiger partial charge is 0.274 e. The van der Waals surface area contributed by atoms with Crippen molar-refractivity contribution in [2.75, 3.05) is 13.2 Å². The number of hydrogen-bond acceptors (Lipinski definition) is 5. The van der Waals surface area contributed by atoms with Crippen LogP contribution in [0, 0.1) is 0 Å². The van der Waals surface area contributed by atoms with Crippen molar-refractivity contribution >= 4 is 34.9 Å². The highest BCUT2D eigenvalue weighted by molar-refractivity contribution is 6.35. The Kier molecular flexibility index (Phi) is 5.13. The minimum Gasteiger partial charge on any atom is -0.378 e. The molecule has 0 spiro atoms. The Morgan fingerprint density at radius 1 is 1.42 bits per heavy atom. The van der Waals surface area contributed by atoms with E-state index in [1.54, 1.807) is 18.2 Å². The molecule has 2 aromatic rings. The molecule has 1 fully saturated rings. The quantitative estimate of drug-likeness (QED) is 0.887. The third-order valence-electron chi connectivity index (χ3n) is 3.59. The first-order chi connectivity index (χ1) is 11.5. The molecule has 7 nitrogen and oxygen atoms in total. The molecule has 1 aliphatic rings. The summed E-state index contributed by atoms with van der Waals surface area (Å²) >= 11 is 12.0. The maximum atomic E-state index is 12.2. The average Bonchev–Trinajstić information content (AvgIpc) is 3.01. The Bertz CT molecular complexity index is 778. The van der Waals surface area contributed by atoms with E-state index in [2.05, 4.69) is 15.6 Å². The lowest BCUT2D eigenvalue weighted by molar-refractivity contribution is -0.127. The molecule has 9 heteroatoms. The normalized spacial score (nSPS) is 17.8. The number of amides is 1. The molecule has 126 valence electrons. The topological polar surface area (TPSA) is 86.1 Å². The van der Waals surface area contributed by atoms with Crippen LogP contribution in [-0.4, -0.2) is 45.9 Å². The van der Waals surface area contributed by atoms with Crippen molar-refractivity contribution in [3.8, 4) is 0 Å². The van der Waals surface area contributed by atoms with Crippen molar-refractivity contribution in [1.82, 2.24) is 20.3 Å². The number of hydrogen-bond donors (Lipinski definition) is 1. The van der Waals surface area contributed by atoms with Gasteiger partial charge in [0.05, 0.1) is 26.0 Å². The van der Waals surface area contributed by atoms with Gasteiger partial charge in [-0.3, -0.25) is 9.59 Å². The summed E-state index contributed by atoms with van der Waals surface area (Å²) in [5, 5.41) is 11.4. The molecule has 1 saturated heterocycles. The molecule has 0 aliphatic carbocycles. The molecule has 1 aromatic carbocycles. The van der Waals surface area contributed by atoms with Crippen LogP contribution >= 0.6 is 23.2 Å². The van der Waals surface area contributed by atoms with Crippen LogP contribution in [0.15, 0.2) is 24.4 Å². The van der Waals surface area contributed by atoms with Crippen molar-refractivity contribution in [3.63, 3.8) is 0 Å². The number of halogens is 2. The minimum atomic E-state index is -0.637. The summed E-state index contributed by atoms with van der Waals surface area (Å²) in [7, 11) is 0. The van der Waals surface area contributed by atoms with E-state index >= 15 is 0 Å². The Morgan fingerprint density at radius 3 is 3.00 bits per heavy atom. The van der Waals surface area contributed by atoms with Crippen LogP contribution in [0.3, 0.4) is 0 Å². The molecule has 1 aromatic heterocycles. The summed E-state index contributed by atoms with van der Waals surface area (Å²) in [6, 6.07) is 4.51. The molecular weight excluding hydrogens is 355 g/mol. The van der Waals surface area contributed by atoms with E-state index in [1.165, 1.54) is 10.9 Å². The number of ether oxygens (including phenoxy) is 1. The van der Waals surface area contributed by atoms with Gasteiger partial charge in [0.1, 0.15) is 6.04 Å². The highest BCUT2D eigenvalue weighted by Gasteiger charge is 2.25. The van der Waals surface area contributed by atoms with Crippen LogP contribution in [0.25, 0.3) is 0 Å². The van der Waals surface area contributed by atoms with Gasteiger partial charge < -0.3 is 10.1 Å². The number of nitrogens with one attached hydrogen (secondary N) is 1. The fraction of sp³-hybridized carbons (Fsp3) is 0.333. The maximum absolute atomic E-state index is 12.2. The van der Waals surface area contributed by atoms with Crippen LogP contribution in [0.4, 0.5) is 0 Å². The Hall–Kier alpha value is -1.96. The first-order valence-corrected chi connectivity index (χ1v) is 8.04. The lowest BCUT2D eigenvalue weighted by Crippen LogP contribution is -2.47. The zero-order valence-corrected chi connectivity index (χ0v) is 14.0. The Balaban J connectivity index is 1.66. The molecule has 1 aliphatic heterocycles. The van der Waals surface area contributed by atoms with Gasteiger partial charge in [-0.1, -0.05) is 34.5 Å². The van der Waals surface area contributed by atoms with E-state index in [9.17, 15) is 9.59 Å². The third kappa shape index (κ3) is 3.92. The predicted octanol–water partition coefficient (Wildman–Crippen LogP) is 1.72. The molecule has 1 unspecified atom stereocenters. The molecule has 1 amide bonds. The molecule has 24 heavy (non-hydrogen) atoms. The fourth-order valence-corrected chi connectivity index (χ4v) is 2.77. The van der Waals surface area contributed by atoms with Crippen LogP contribution < -0.4 is 5.32 Å². The van der Waals surface area contributed by atoms with Gasteiger partial charge >= 0.3 is 0 Å². The number of benzene rings is 1. The number of rotatable bonds is 4. The van der Waals surface area contributed by atoms with Crippen LogP contribution in [0.2, 0.25) is 10.0 Å². The van der Waals surface area contributed by atoms with Crippen molar-refractivity contribution in [1.29, 1.82) is 0 Å². The second-order valence-electron chi connectivity index (χ2n) is 5.35. The number of carbonyl (C=O) groups is 2. The summed E-state index contributed by atoms with van der Waals surface area (Å²) in [4.78, 5) is 23.9. The lowest BCUT2D eigenvalue weighted by atomic mass is 10.1. The largest absolute Gasteiger partial charge is 0.378 e. The molecule has 1 atom stereocenters. The van der Waals surface area contributed by atoms with E-state index in [0.717, 1.165) is 5.56 Å². The van der Waals surface area contributed by atoms with Gasteiger partial charge in [-0.05, 0) is 17.7 Å². The minimum absolute atomic E-state index is 0.0464. The summed E-state index contributed by atoms with van der Waals surface area (Å²) in [6.45, 7) is 0.921. The highest BCUT2D eigenvalue weighted by Crippen LogP contribution is 2.21. The van der Waals surface area contributed by atoms with E-state index in [4.69, 9.17) is 27.9 Å². The van der Waals surface area contributed by atoms with Gasteiger partial charge in [0.2, 0.25) is 0 Å². The van der Waals surface area contributed by atoms with E-state index in [-0.39, 0.29) is 18.1 Å². The van der Waals surface area contributed by atoms with Crippen LogP contribution in [0.5, 0.6) is 0 Å². The number of nitrogens with zero attached hydrogens (tertiary/aromatic N) is 3. The molecule has 1 N–H and O–H groups in total. The standard InChI is InChI=1S/C15H14Cl2N4O3/c16-10-2-1-9(11(17)5-10)6-21-7-12(19-20-21)15(23)18-13-8-24-4-3-14(13)22/h1-2,5,7,13H,3-4,6,8H2,(H,18,23). The summed E-state index contributed by atoms with van der Waals surface area (Å²) in [5.74, 6) is -0.512. The zero-order valence-electron chi connectivity index (χ0n) is 12.5. The van der Waals surface area contributed by atoms with Gasteiger partial charge in [-0.15, -0.1) is 5.10 Å². The monoisotopic (exact) mass is 368 g/mol. The molecule has 3 rings (SSSR count). The molecule has 2 heterocycles. The van der Waals surface area contributed by atoms with Crippen LogP contribution in [0.1, 0.15) is 22.5 Å². The Labute approximate surface area is 147 Å². The van der Waals surface area contributed by atoms with Crippen molar-refractivity contribution < 1.29 is 14.3 Å². The van der Waals surface area contributed by atoms with Crippen molar-refractivity contribution in [2.45, 2.75) is 19.0 Å². The highest BCUT2D eigenvalue weighted by atomic mass is 35.5. The van der Waals surface area contributed by atoms with E-state index in [1.807, 2.05) is 0 Å². The summed E-state index contributed by atoms with van der Waals surface area (Å²) in [5.41, 5.74) is 0.923. The zero-order chi connectivity index (χ0) is 17.1. The molecular formula is C15H14Cl2N4O3. The average molecular weight is 369 g/mol. The van der Waals surface area contributed by atoms with Gasteiger partial charge in [0.15, 0.2) is 11.5 Å². The van der Waals surface area contributed by atoms with E-state index in [0.29, 0.717) is 29.6 Å². The molecule has 0 radical (unpaired) electrons. The maximum Gasteiger partial charge on any atom is 0.274 e. The Morgan fingerprint density at radius 2 is 2.25 bits per heavy atom. The lowest BCUT2D eigenvalue weighted by Gasteiger charge is -2.21. The SMILES string of the molecule is O=C(NC1COCCC1=O)c1cn(Cc2ccc(Cl)cc2Cl)nn1. The van der Waals surface area contributed by atoms with Gasteiger partial charge in [0, 0.05) is 16.5 Å². The second-order valence-corrected chi connectivity index (χ2v) is 6.20. The summed E-state index contributed by atoms with van der Waals surface area (Å²) in [6.07, 6.45) is 1.79. The first-order valence-electron chi connectivity index (χ1n) is 7.28. The number of carbonyl (C=O) groups excluding carboxylic acids is 2. The van der Waals surface area contributed by atoms with Crippen molar-refractivity contribution in [3.05, 3.63) is 45.7 Å². The van der Waals surface area contributed by atoms with E-state index < -0.39 is 11.9 Å². The molecule has 0 bridgehead atoms. The third-order valence-corrected chi connectivity index (χ3v) is 4.18. The molecule has 0 saturated carbocycles. The first kappa shape index (κ1) is 16.9. The fourth-order valence-electron chi connectivity index (χ4n) is 2.30. The van der Waals surface area contributed by atoms with Gasteiger partial charge in [-0.25, -0.2) is 4.68 Å². The van der Waals surface area contributed by atoms with Gasteiger partial charge in [0.25, 0.3) is 5.91 Å². The summed E-state index contributed by atoms with van der Waals surface area (Å²) < 4.78 is 6.68. The number of aromatic nitrogens is 3. The van der Waals surface area contributed by atoms with Gasteiger partial charge in [-0.2, -0.15) is 0 Å². The van der Waals surface area contributed by atoms with Crippen LogP contribution in [-0.2, 0) is 16.1 Å². The predicted molar refractivity (Wildman–Crippen MR) is 87.3 cm³/mol. The second kappa shape index (κ2) is 7.29.